The highest BCUT2D eigenvalue weighted by Crippen LogP contribution is 2.32. The molecule has 1 saturated heterocycles. The Kier molecular flexibility index (Phi) is 3.72. The van der Waals surface area contributed by atoms with Gasteiger partial charge in [-0.15, -0.1) is 0 Å². The van der Waals surface area contributed by atoms with Crippen LogP contribution >= 0.6 is 22.3 Å². The summed E-state index contributed by atoms with van der Waals surface area (Å²) >= 11 is 5.88. The van der Waals surface area contributed by atoms with E-state index in [4.69, 9.17) is 27.5 Å². The maximum Gasteiger partial charge on any atom is 0.237 e. The molecule has 8 heteroatoms. The molecule has 1 aliphatic heterocycles. The van der Waals surface area contributed by atoms with Crippen LogP contribution in [0.1, 0.15) is 12.0 Å². The minimum atomic E-state index is -3.81. The van der Waals surface area contributed by atoms with Crippen molar-refractivity contribution in [2.75, 3.05) is 11.4 Å². The van der Waals surface area contributed by atoms with Gasteiger partial charge in [0.05, 0.1) is 16.3 Å². The molecule has 2 rings (SSSR count). The van der Waals surface area contributed by atoms with Gasteiger partial charge in [0.1, 0.15) is 11.3 Å². The maximum absolute atomic E-state index is 11.9. The van der Waals surface area contributed by atoms with Crippen molar-refractivity contribution in [3.63, 3.8) is 0 Å². The quantitative estimate of drug-likeness (QED) is 0.780. The van der Waals surface area contributed by atoms with E-state index in [2.05, 4.69) is 0 Å². The van der Waals surface area contributed by atoms with E-state index in [1.165, 1.54) is 11.0 Å². The molecular formula is C11H8Cl2N2O3S. The zero-order valence-electron chi connectivity index (χ0n) is 9.51. The highest BCUT2D eigenvalue weighted by molar-refractivity contribution is 8.14. The molecule has 1 fully saturated rings. The molecule has 0 spiro atoms. The second-order valence-corrected chi connectivity index (χ2v) is 7.37. The van der Waals surface area contributed by atoms with Gasteiger partial charge in [0.25, 0.3) is 0 Å². The summed E-state index contributed by atoms with van der Waals surface area (Å²) in [6, 6.07) is 6.57. The van der Waals surface area contributed by atoms with Crippen LogP contribution in [0.3, 0.4) is 0 Å². The summed E-state index contributed by atoms with van der Waals surface area (Å²) < 4.78 is 22.5. The Morgan fingerprint density at radius 3 is 2.63 bits per heavy atom. The highest BCUT2D eigenvalue weighted by Gasteiger charge is 2.38. The molecular weight excluding hydrogens is 311 g/mol. The number of benzene rings is 1. The number of hydrogen-bond acceptors (Lipinski definition) is 4. The molecule has 1 aromatic carbocycles. The molecule has 1 atom stereocenters. The van der Waals surface area contributed by atoms with Crippen molar-refractivity contribution < 1.29 is 13.2 Å². The van der Waals surface area contributed by atoms with Crippen molar-refractivity contribution in [3.05, 3.63) is 28.8 Å². The molecule has 1 amide bonds. The number of anilines is 1. The number of nitrogens with zero attached hydrogens (tertiary/aromatic N) is 2. The van der Waals surface area contributed by atoms with Crippen LogP contribution in [0.2, 0.25) is 5.02 Å². The third-order valence-corrected chi connectivity index (χ3v) is 5.06. The first-order valence-electron chi connectivity index (χ1n) is 5.27. The molecule has 0 radical (unpaired) electrons. The molecule has 1 aromatic rings. The lowest BCUT2D eigenvalue weighted by Crippen LogP contribution is -2.27. The fourth-order valence-corrected chi connectivity index (χ4v) is 3.18. The molecule has 1 heterocycles. The van der Waals surface area contributed by atoms with Crippen LogP contribution in [-0.2, 0) is 13.8 Å². The van der Waals surface area contributed by atoms with Gasteiger partial charge in [-0.05, 0) is 12.1 Å². The first kappa shape index (κ1) is 14.1. The minimum absolute atomic E-state index is 0.0698. The SMILES string of the molecule is N#Cc1c(Cl)cccc1N1CC(S(=O)(=O)Cl)CC1=O. The molecule has 19 heavy (non-hydrogen) atoms. The largest absolute Gasteiger partial charge is 0.310 e. The van der Waals surface area contributed by atoms with Gasteiger partial charge in [0.2, 0.25) is 15.0 Å². The smallest absolute Gasteiger partial charge is 0.237 e. The molecule has 1 unspecified atom stereocenters. The number of hydrogen-bond donors (Lipinski definition) is 0. The molecule has 0 bridgehead atoms. The first-order chi connectivity index (χ1) is 8.84. The minimum Gasteiger partial charge on any atom is -0.310 e. The van der Waals surface area contributed by atoms with Gasteiger partial charge >= 0.3 is 0 Å². The summed E-state index contributed by atoms with van der Waals surface area (Å²) in [4.78, 5) is 13.1. The van der Waals surface area contributed by atoms with E-state index < -0.39 is 20.2 Å². The Morgan fingerprint density at radius 2 is 2.11 bits per heavy atom. The number of nitriles is 1. The normalized spacial score (nSPS) is 19.5. The predicted octanol–water partition coefficient (Wildman–Crippen LogP) is 1.89. The Hall–Kier alpha value is -1.29. The van der Waals surface area contributed by atoms with Crippen molar-refractivity contribution in [1.29, 1.82) is 5.26 Å². The summed E-state index contributed by atoms with van der Waals surface area (Å²) in [7, 11) is 1.45. The van der Waals surface area contributed by atoms with Gasteiger partial charge in [0.15, 0.2) is 0 Å². The molecule has 5 nitrogen and oxygen atoms in total. The van der Waals surface area contributed by atoms with Crippen LogP contribution < -0.4 is 4.90 Å². The Morgan fingerprint density at radius 1 is 1.42 bits per heavy atom. The second kappa shape index (κ2) is 5.00. The van der Waals surface area contributed by atoms with Gasteiger partial charge in [-0.2, -0.15) is 5.26 Å². The fourth-order valence-electron chi connectivity index (χ4n) is 1.94. The van der Waals surface area contributed by atoms with Crippen LogP contribution in [0, 0.1) is 11.3 Å². The van der Waals surface area contributed by atoms with E-state index in [1.807, 2.05) is 6.07 Å². The Balaban J connectivity index is 2.43. The van der Waals surface area contributed by atoms with Gasteiger partial charge in [-0.3, -0.25) is 4.79 Å². The Bertz CT molecular complexity index is 682. The molecule has 0 N–H and O–H groups in total. The van der Waals surface area contributed by atoms with E-state index in [0.29, 0.717) is 5.69 Å². The number of halogens is 2. The maximum atomic E-state index is 11.9. The predicted molar refractivity (Wildman–Crippen MR) is 71.7 cm³/mol. The highest BCUT2D eigenvalue weighted by atomic mass is 35.7. The topological polar surface area (TPSA) is 78.2 Å². The summed E-state index contributed by atoms with van der Waals surface area (Å²) in [6.45, 7) is -0.0698. The number of carbonyl (C=O) groups excluding carboxylic acids is 1. The van der Waals surface area contributed by atoms with Gasteiger partial charge in [-0.1, -0.05) is 17.7 Å². The van der Waals surface area contributed by atoms with E-state index >= 15 is 0 Å². The van der Waals surface area contributed by atoms with Crippen molar-refractivity contribution in [1.82, 2.24) is 0 Å². The van der Waals surface area contributed by atoms with Gasteiger partial charge in [0, 0.05) is 23.6 Å². The van der Waals surface area contributed by atoms with Crippen LogP contribution in [0.5, 0.6) is 0 Å². The zero-order chi connectivity index (χ0) is 14.2. The third-order valence-electron chi connectivity index (χ3n) is 2.88. The fraction of sp³-hybridized carbons (Fsp3) is 0.273. The average Bonchev–Trinajstić information content (AvgIpc) is 2.70. The van der Waals surface area contributed by atoms with E-state index in [-0.39, 0.29) is 23.6 Å². The standard InChI is InChI=1S/C11H8Cl2N2O3S/c12-9-2-1-3-10(8(9)5-14)15-6-7(4-11(15)16)19(13,17)18/h1-3,7H,4,6H2. The van der Waals surface area contributed by atoms with Crippen molar-refractivity contribution >= 4 is 42.9 Å². The lowest BCUT2D eigenvalue weighted by atomic mass is 10.2. The third kappa shape index (κ3) is 2.68. The van der Waals surface area contributed by atoms with Crippen LogP contribution in [0.15, 0.2) is 18.2 Å². The average molecular weight is 319 g/mol. The number of amides is 1. The summed E-state index contributed by atoms with van der Waals surface area (Å²) in [5.74, 6) is -0.395. The van der Waals surface area contributed by atoms with Gasteiger partial charge < -0.3 is 4.90 Å². The van der Waals surface area contributed by atoms with Crippen LogP contribution in [0.25, 0.3) is 0 Å². The van der Waals surface area contributed by atoms with Crippen LogP contribution in [0.4, 0.5) is 5.69 Å². The lowest BCUT2D eigenvalue weighted by molar-refractivity contribution is -0.117. The monoisotopic (exact) mass is 318 g/mol. The lowest BCUT2D eigenvalue weighted by Gasteiger charge is -2.18. The summed E-state index contributed by atoms with van der Waals surface area (Å²) in [5, 5.41) is 8.30. The van der Waals surface area contributed by atoms with Crippen LogP contribution in [-0.4, -0.2) is 26.1 Å². The number of carbonyl (C=O) groups is 1. The summed E-state index contributed by atoms with van der Waals surface area (Å²) in [6.07, 6.45) is -0.191. The molecule has 0 saturated carbocycles. The van der Waals surface area contributed by atoms with Crippen molar-refractivity contribution in [2.45, 2.75) is 11.7 Å². The molecule has 0 aliphatic carbocycles. The molecule has 0 aromatic heterocycles. The Labute approximate surface area is 119 Å². The van der Waals surface area contributed by atoms with Gasteiger partial charge in [-0.25, -0.2) is 8.42 Å². The van der Waals surface area contributed by atoms with Crippen molar-refractivity contribution in [3.8, 4) is 6.07 Å². The van der Waals surface area contributed by atoms with Crippen molar-refractivity contribution in [2.24, 2.45) is 0 Å². The number of rotatable bonds is 2. The molecule has 100 valence electrons. The first-order valence-corrected chi connectivity index (χ1v) is 8.02. The molecule has 1 aliphatic rings. The van der Waals surface area contributed by atoms with E-state index in [1.54, 1.807) is 12.1 Å². The summed E-state index contributed by atoms with van der Waals surface area (Å²) in [5.41, 5.74) is 0.452. The zero-order valence-corrected chi connectivity index (χ0v) is 11.8. The van der Waals surface area contributed by atoms with E-state index in [0.717, 1.165) is 0 Å². The second-order valence-electron chi connectivity index (χ2n) is 4.05. The van der Waals surface area contributed by atoms with E-state index in [9.17, 15) is 13.2 Å².